The smallest absolute Gasteiger partial charge is 0.163 e. The van der Waals surface area contributed by atoms with E-state index in [0.29, 0.717) is 6.61 Å². The van der Waals surface area contributed by atoms with Crippen molar-refractivity contribution in [2.45, 2.75) is 69.7 Å². The van der Waals surface area contributed by atoms with Gasteiger partial charge in [-0.3, -0.25) is 0 Å². The van der Waals surface area contributed by atoms with Crippen LogP contribution in [0, 0.1) is 0 Å². The first-order valence-corrected chi connectivity index (χ1v) is 7.01. The Labute approximate surface area is 119 Å². The number of ether oxygens (including phenoxy) is 4. The molecule has 6 nitrogen and oxygen atoms in total. The van der Waals surface area contributed by atoms with Crippen LogP contribution in [0.1, 0.15) is 27.7 Å². The van der Waals surface area contributed by atoms with Crippen LogP contribution in [-0.4, -0.2) is 58.8 Å². The van der Waals surface area contributed by atoms with Crippen molar-refractivity contribution in [3.63, 3.8) is 0 Å². The van der Waals surface area contributed by atoms with E-state index < -0.39 is 11.6 Å². The molecule has 5 atom stereocenters. The minimum absolute atomic E-state index is 0.246. The molecule has 0 unspecified atom stereocenters. The molecule has 0 radical (unpaired) electrons. The molecule has 0 aromatic carbocycles. The summed E-state index contributed by atoms with van der Waals surface area (Å²) in [5.74, 6) is -1.30. The number of hydrogen-bond acceptors (Lipinski definition) is 6. The fourth-order valence-electron chi connectivity index (χ4n) is 3.35. The highest BCUT2D eigenvalue weighted by molar-refractivity contribution is 5.11. The Morgan fingerprint density at radius 1 is 1.10 bits per heavy atom. The summed E-state index contributed by atoms with van der Waals surface area (Å²) in [6.45, 7) is 11.7. The highest BCUT2D eigenvalue weighted by Crippen LogP contribution is 2.43. The SMILES string of the molecule is C=C[C@@H]1[C@H]2OC(C)(C)O[C@H]2[C@H]([C@H]2COC(C)(C)O2)N1O. The summed E-state index contributed by atoms with van der Waals surface area (Å²) in [6, 6.07) is -0.634. The van der Waals surface area contributed by atoms with Crippen molar-refractivity contribution >= 4 is 0 Å². The Kier molecular flexibility index (Phi) is 3.25. The predicted molar refractivity (Wildman–Crippen MR) is 70.1 cm³/mol. The summed E-state index contributed by atoms with van der Waals surface area (Å²) in [4.78, 5) is 0. The first-order valence-electron chi connectivity index (χ1n) is 7.01. The van der Waals surface area contributed by atoms with Gasteiger partial charge in [0.15, 0.2) is 11.6 Å². The largest absolute Gasteiger partial charge is 0.348 e. The second kappa shape index (κ2) is 4.50. The lowest BCUT2D eigenvalue weighted by atomic mass is 10.0. The zero-order valence-corrected chi connectivity index (χ0v) is 12.4. The molecule has 3 saturated heterocycles. The lowest BCUT2D eigenvalue weighted by molar-refractivity contribution is -0.228. The van der Waals surface area contributed by atoms with Crippen molar-refractivity contribution in [2.24, 2.45) is 0 Å². The molecule has 0 aliphatic carbocycles. The quantitative estimate of drug-likeness (QED) is 0.771. The molecule has 3 aliphatic rings. The third-order valence-electron chi connectivity index (χ3n) is 4.10. The Balaban J connectivity index is 1.85. The van der Waals surface area contributed by atoms with Crippen LogP contribution >= 0.6 is 0 Å². The molecule has 3 heterocycles. The lowest BCUT2D eigenvalue weighted by Gasteiger charge is -2.31. The van der Waals surface area contributed by atoms with E-state index in [4.69, 9.17) is 18.9 Å². The molecular weight excluding hydrogens is 262 g/mol. The van der Waals surface area contributed by atoms with Crippen LogP contribution in [-0.2, 0) is 18.9 Å². The van der Waals surface area contributed by atoms with Gasteiger partial charge in [-0.2, -0.15) is 5.06 Å². The van der Waals surface area contributed by atoms with Gasteiger partial charge in [0.2, 0.25) is 0 Å². The van der Waals surface area contributed by atoms with Crippen LogP contribution in [0.3, 0.4) is 0 Å². The molecular formula is C14H23NO5. The molecule has 0 aromatic rings. The molecule has 3 rings (SSSR count). The van der Waals surface area contributed by atoms with Crippen LogP contribution in [0.15, 0.2) is 12.7 Å². The standard InChI is InChI=1S/C14H23NO5/c1-6-8-11-12(20-14(4,5)19-11)10(15(8)16)9-7-17-13(2,3)18-9/h6,8-12,16H,1,7H2,2-5H3/t8-,9-,10+,11-,12+/m1/s1. The lowest BCUT2D eigenvalue weighted by Crippen LogP contribution is -2.48. The summed E-state index contributed by atoms with van der Waals surface area (Å²) in [5, 5.41) is 11.7. The highest BCUT2D eigenvalue weighted by Gasteiger charge is 2.60. The maximum atomic E-state index is 10.4. The molecule has 0 amide bonds. The van der Waals surface area contributed by atoms with E-state index in [1.807, 2.05) is 27.7 Å². The molecule has 0 bridgehead atoms. The first-order chi connectivity index (χ1) is 9.24. The van der Waals surface area contributed by atoms with Crippen molar-refractivity contribution in [1.29, 1.82) is 0 Å². The minimum Gasteiger partial charge on any atom is -0.348 e. The van der Waals surface area contributed by atoms with Gasteiger partial charge in [-0.25, -0.2) is 0 Å². The second-order valence-corrected chi connectivity index (χ2v) is 6.53. The van der Waals surface area contributed by atoms with Crippen molar-refractivity contribution < 1.29 is 24.2 Å². The number of fused-ring (bicyclic) bond motifs is 1. The topological polar surface area (TPSA) is 60.4 Å². The van der Waals surface area contributed by atoms with Gasteiger partial charge in [0, 0.05) is 0 Å². The van der Waals surface area contributed by atoms with Gasteiger partial charge < -0.3 is 24.2 Å². The molecule has 0 saturated carbocycles. The van der Waals surface area contributed by atoms with E-state index >= 15 is 0 Å². The predicted octanol–water partition coefficient (Wildman–Crippen LogP) is 1.29. The maximum Gasteiger partial charge on any atom is 0.163 e. The summed E-state index contributed by atoms with van der Waals surface area (Å²) in [7, 11) is 0. The molecule has 20 heavy (non-hydrogen) atoms. The molecule has 6 heteroatoms. The average molecular weight is 285 g/mol. The van der Waals surface area contributed by atoms with Crippen molar-refractivity contribution in [2.75, 3.05) is 6.61 Å². The minimum atomic E-state index is -0.662. The van der Waals surface area contributed by atoms with E-state index in [9.17, 15) is 5.21 Å². The van der Waals surface area contributed by atoms with Crippen LogP contribution in [0.4, 0.5) is 0 Å². The van der Waals surface area contributed by atoms with Crippen LogP contribution in [0.25, 0.3) is 0 Å². The highest BCUT2D eigenvalue weighted by atomic mass is 16.8. The fraction of sp³-hybridized carbons (Fsp3) is 0.857. The summed E-state index contributed by atoms with van der Waals surface area (Å²) in [6.07, 6.45) is 0.916. The van der Waals surface area contributed by atoms with Gasteiger partial charge >= 0.3 is 0 Å². The van der Waals surface area contributed by atoms with Gasteiger partial charge in [0.05, 0.1) is 18.7 Å². The van der Waals surface area contributed by atoms with Crippen LogP contribution in [0.2, 0.25) is 0 Å². The Hall–Kier alpha value is -0.500. The van der Waals surface area contributed by atoms with Crippen molar-refractivity contribution in [3.05, 3.63) is 12.7 Å². The number of rotatable bonds is 2. The normalized spacial score (nSPS) is 46.5. The van der Waals surface area contributed by atoms with Gasteiger partial charge in [-0.1, -0.05) is 6.08 Å². The summed E-state index contributed by atoms with van der Waals surface area (Å²) < 4.78 is 23.3. The monoisotopic (exact) mass is 285 g/mol. The third-order valence-corrected chi connectivity index (χ3v) is 4.10. The number of hydroxylamine groups is 2. The fourth-order valence-corrected chi connectivity index (χ4v) is 3.35. The molecule has 3 fully saturated rings. The summed E-state index contributed by atoms with van der Waals surface area (Å²) in [5.41, 5.74) is 0. The van der Waals surface area contributed by atoms with E-state index in [1.165, 1.54) is 5.06 Å². The zero-order valence-electron chi connectivity index (χ0n) is 12.4. The van der Waals surface area contributed by atoms with Gasteiger partial charge in [0.1, 0.15) is 18.3 Å². The van der Waals surface area contributed by atoms with E-state index in [-0.39, 0.29) is 30.4 Å². The third kappa shape index (κ3) is 2.20. The Bertz CT molecular complexity index is 410. The van der Waals surface area contributed by atoms with E-state index in [2.05, 4.69) is 6.58 Å². The van der Waals surface area contributed by atoms with Crippen molar-refractivity contribution in [3.8, 4) is 0 Å². The van der Waals surface area contributed by atoms with Crippen LogP contribution < -0.4 is 0 Å². The first kappa shape index (κ1) is 14.4. The molecule has 0 aromatic heterocycles. The Morgan fingerprint density at radius 2 is 1.75 bits per heavy atom. The van der Waals surface area contributed by atoms with E-state index in [1.54, 1.807) is 6.08 Å². The van der Waals surface area contributed by atoms with Gasteiger partial charge in [-0.15, -0.1) is 6.58 Å². The van der Waals surface area contributed by atoms with Crippen molar-refractivity contribution in [1.82, 2.24) is 5.06 Å². The van der Waals surface area contributed by atoms with Crippen LogP contribution in [0.5, 0.6) is 0 Å². The number of hydrogen-bond donors (Lipinski definition) is 1. The molecule has 0 spiro atoms. The van der Waals surface area contributed by atoms with Gasteiger partial charge in [-0.05, 0) is 27.7 Å². The second-order valence-electron chi connectivity index (χ2n) is 6.53. The molecule has 3 aliphatic heterocycles. The number of nitrogens with zero attached hydrogens (tertiary/aromatic N) is 1. The Morgan fingerprint density at radius 3 is 2.30 bits per heavy atom. The van der Waals surface area contributed by atoms with E-state index in [0.717, 1.165) is 0 Å². The maximum absolute atomic E-state index is 10.4. The summed E-state index contributed by atoms with van der Waals surface area (Å²) >= 11 is 0. The molecule has 114 valence electrons. The van der Waals surface area contributed by atoms with Gasteiger partial charge in [0.25, 0.3) is 0 Å². The molecule has 1 N–H and O–H groups in total. The zero-order chi connectivity index (χ0) is 14.7. The average Bonchev–Trinajstić information content (AvgIpc) is 2.88.